The average molecular weight is 273 g/mol. The van der Waals surface area contributed by atoms with Gasteiger partial charge in [0.1, 0.15) is 11.6 Å². The molecule has 2 atom stereocenters. The van der Waals surface area contributed by atoms with Gasteiger partial charge in [-0.2, -0.15) is 0 Å². The second-order valence-corrected chi connectivity index (χ2v) is 5.44. The van der Waals surface area contributed by atoms with Gasteiger partial charge in [0.05, 0.1) is 13.0 Å². The molecular formula is C12H19NO6. The van der Waals surface area contributed by atoms with Gasteiger partial charge in [-0.3, -0.25) is 9.69 Å². The number of methoxy groups -OCH3 is 1. The van der Waals surface area contributed by atoms with Gasteiger partial charge in [0.2, 0.25) is 0 Å². The molecule has 0 saturated carbocycles. The first-order chi connectivity index (χ1) is 8.65. The molecule has 1 aliphatic rings. The Labute approximate surface area is 111 Å². The minimum absolute atomic E-state index is 0.0429. The summed E-state index contributed by atoms with van der Waals surface area (Å²) in [7, 11) is 1.20. The van der Waals surface area contributed by atoms with Crippen LogP contribution in [0.3, 0.4) is 0 Å². The number of ether oxygens (including phenoxy) is 2. The zero-order valence-corrected chi connectivity index (χ0v) is 11.5. The molecule has 0 spiro atoms. The van der Waals surface area contributed by atoms with E-state index in [0.717, 1.165) is 4.90 Å². The number of aliphatic carboxylic acids is 1. The molecule has 1 aliphatic heterocycles. The molecule has 108 valence electrons. The van der Waals surface area contributed by atoms with E-state index in [1.165, 1.54) is 7.11 Å². The van der Waals surface area contributed by atoms with E-state index in [1.54, 1.807) is 20.8 Å². The van der Waals surface area contributed by atoms with Crippen LogP contribution >= 0.6 is 0 Å². The maximum atomic E-state index is 12.0. The third-order valence-electron chi connectivity index (χ3n) is 2.75. The predicted molar refractivity (Wildman–Crippen MR) is 64.5 cm³/mol. The first-order valence-electron chi connectivity index (χ1n) is 5.96. The van der Waals surface area contributed by atoms with Gasteiger partial charge in [-0.1, -0.05) is 0 Å². The number of esters is 1. The molecule has 19 heavy (non-hydrogen) atoms. The number of rotatable bonds is 2. The summed E-state index contributed by atoms with van der Waals surface area (Å²) in [4.78, 5) is 35.7. The number of nitrogens with zero attached hydrogens (tertiary/aromatic N) is 1. The second-order valence-electron chi connectivity index (χ2n) is 5.44. The third kappa shape index (κ3) is 3.84. The predicted octanol–water partition coefficient (Wildman–Crippen LogP) is 0.870. The van der Waals surface area contributed by atoms with Gasteiger partial charge in [0.25, 0.3) is 0 Å². The standard InChI is InChI=1S/C12H19NO6/c1-12(2,3)19-11(17)13-6-7(9(14)15)5-8(13)10(16)18-4/h7-8H,5-6H2,1-4H3,(H,14,15)/t7-,8+/m1/s1. The van der Waals surface area contributed by atoms with Gasteiger partial charge in [-0.25, -0.2) is 9.59 Å². The Hall–Kier alpha value is -1.79. The van der Waals surface area contributed by atoms with Crippen LogP contribution in [0.5, 0.6) is 0 Å². The first-order valence-corrected chi connectivity index (χ1v) is 5.96. The zero-order chi connectivity index (χ0) is 14.8. The summed E-state index contributed by atoms with van der Waals surface area (Å²) < 4.78 is 9.75. The van der Waals surface area contributed by atoms with Crippen LogP contribution < -0.4 is 0 Å². The minimum atomic E-state index is -1.04. The Morgan fingerprint density at radius 2 is 1.84 bits per heavy atom. The highest BCUT2D eigenvalue weighted by atomic mass is 16.6. The van der Waals surface area contributed by atoms with Crippen molar-refractivity contribution in [2.24, 2.45) is 5.92 Å². The number of hydrogen-bond acceptors (Lipinski definition) is 5. The number of hydrogen-bond donors (Lipinski definition) is 1. The summed E-state index contributed by atoms with van der Waals surface area (Å²) in [5.41, 5.74) is -0.709. The summed E-state index contributed by atoms with van der Waals surface area (Å²) in [5, 5.41) is 8.99. The third-order valence-corrected chi connectivity index (χ3v) is 2.75. The van der Waals surface area contributed by atoms with Gasteiger partial charge >= 0.3 is 18.0 Å². The smallest absolute Gasteiger partial charge is 0.411 e. The van der Waals surface area contributed by atoms with Crippen molar-refractivity contribution >= 4 is 18.0 Å². The largest absolute Gasteiger partial charge is 0.481 e. The molecule has 0 aromatic heterocycles. The van der Waals surface area contributed by atoms with Crippen molar-refractivity contribution in [2.45, 2.75) is 38.8 Å². The molecule has 7 nitrogen and oxygen atoms in total. The van der Waals surface area contributed by atoms with Gasteiger partial charge < -0.3 is 14.6 Å². The molecule has 0 radical (unpaired) electrons. The summed E-state index contributed by atoms with van der Waals surface area (Å²) in [6.45, 7) is 5.04. The van der Waals surface area contributed by atoms with E-state index in [4.69, 9.17) is 9.84 Å². The van der Waals surface area contributed by atoms with Crippen molar-refractivity contribution in [3.8, 4) is 0 Å². The highest BCUT2D eigenvalue weighted by Crippen LogP contribution is 2.26. The van der Waals surface area contributed by atoms with E-state index in [9.17, 15) is 14.4 Å². The molecule has 1 N–H and O–H groups in total. The summed E-state index contributed by atoms with van der Waals surface area (Å²) in [5.74, 6) is -2.45. The number of likely N-dealkylation sites (tertiary alicyclic amines) is 1. The lowest BCUT2D eigenvalue weighted by molar-refractivity contribution is -0.145. The van der Waals surface area contributed by atoms with Crippen LogP contribution in [0.4, 0.5) is 4.79 Å². The number of carbonyl (C=O) groups is 3. The lowest BCUT2D eigenvalue weighted by atomic mass is 10.1. The van der Waals surface area contributed by atoms with Crippen molar-refractivity contribution in [3.63, 3.8) is 0 Å². The Morgan fingerprint density at radius 3 is 2.26 bits per heavy atom. The van der Waals surface area contributed by atoms with E-state index >= 15 is 0 Å². The van der Waals surface area contributed by atoms with Crippen LogP contribution in [0.25, 0.3) is 0 Å². The first kappa shape index (κ1) is 15.3. The van der Waals surface area contributed by atoms with Crippen LogP contribution in [0.2, 0.25) is 0 Å². The zero-order valence-electron chi connectivity index (χ0n) is 11.5. The Kier molecular flexibility index (Phi) is 4.39. The molecule has 0 aromatic rings. The lowest BCUT2D eigenvalue weighted by Gasteiger charge is -2.27. The highest BCUT2D eigenvalue weighted by Gasteiger charge is 2.44. The fourth-order valence-electron chi connectivity index (χ4n) is 1.90. The number of carbonyl (C=O) groups excluding carboxylic acids is 2. The summed E-state index contributed by atoms with van der Waals surface area (Å²) in [6, 6.07) is -0.902. The topological polar surface area (TPSA) is 93.1 Å². The Balaban J connectivity index is 2.85. The van der Waals surface area contributed by atoms with Crippen LogP contribution in [0.15, 0.2) is 0 Å². The molecule has 1 rings (SSSR count). The normalized spacial score (nSPS) is 23.1. The molecule has 1 heterocycles. The van der Waals surface area contributed by atoms with Crippen molar-refractivity contribution in [1.82, 2.24) is 4.90 Å². The quantitative estimate of drug-likeness (QED) is 0.750. The average Bonchev–Trinajstić information content (AvgIpc) is 2.70. The Bertz CT molecular complexity index is 386. The molecule has 1 saturated heterocycles. The molecule has 7 heteroatoms. The summed E-state index contributed by atoms with van der Waals surface area (Å²) >= 11 is 0. The van der Waals surface area contributed by atoms with E-state index in [0.29, 0.717) is 0 Å². The molecule has 1 amide bonds. The van der Waals surface area contributed by atoms with Crippen molar-refractivity contribution < 1.29 is 29.0 Å². The lowest BCUT2D eigenvalue weighted by Crippen LogP contribution is -2.43. The SMILES string of the molecule is COC(=O)[C@@H]1C[C@@H](C(=O)O)CN1C(=O)OC(C)(C)C. The van der Waals surface area contributed by atoms with E-state index in [-0.39, 0.29) is 13.0 Å². The minimum Gasteiger partial charge on any atom is -0.481 e. The van der Waals surface area contributed by atoms with Crippen LogP contribution in [-0.4, -0.2) is 53.3 Å². The molecule has 0 unspecified atom stereocenters. The fourth-order valence-corrected chi connectivity index (χ4v) is 1.90. The fraction of sp³-hybridized carbons (Fsp3) is 0.750. The van der Waals surface area contributed by atoms with E-state index < -0.39 is 35.6 Å². The van der Waals surface area contributed by atoms with Gasteiger partial charge in [0.15, 0.2) is 0 Å². The van der Waals surface area contributed by atoms with Gasteiger partial charge in [0, 0.05) is 6.54 Å². The molecular weight excluding hydrogens is 254 g/mol. The van der Waals surface area contributed by atoms with E-state index in [1.807, 2.05) is 0 Å². The number of carboxylic acid groups (broad SMARTS) is 1. The van der Waals surface area contributed by atoms with Gasteiger partial charge in [-0.05, 0) is 27.2 Å². The maximum Gasteiger partial charge on any atom is 0.411 e. The number of amides is 1. The molecule has 1 fully saturated rings. The van der Waals surface area contributed by atoms with Crippen molar-refractivity contribution in [3.05, 3.63) is 0 Å². The van der Waals surface area contributed by atoms with E-state index in [2.05, 4.69) is 4.74 Å². The monoisotopic (exact) mass is 273 g/mol. The maximum absolute atomic E-state index is 12.0. The number of carboxylic acids is 1. The summed E-state index contributed by atoms with van der Waals surface area (Å²) in [6.07, 6.45) is -0.659. The Morgan fingerprint density at radius 1 is 1.26 bits per heavy atom. The van der Waals surface area contributed by atoms with Crippen LogP contribution in [-0.2, 0) is 19.1 Å². The molecule has 0 bridgehead atoms. The van der Waals surface area contributed by atoms with Gasteiger partial charge in [-0.15, -0.1) is 0 Å². The molecule has 0 aliphatic carbocycles. The second kappa shape index (κ2) is 5.46. The van der Waals surface area contributed by atoms with Crippen LogP contribution in [0, 0.1) is 5.92 Å². The van der Waals surface area contributed by atoms with Crippen LogP contribution in [0.1, 0.15) is 27.2 Å². The van der Waals surface area contributed by atoms with Crippen molar-refractivity contribution in [2.75, 3.05) is 13.7 Å². The molecule has 0 aromatic carbocycles. The highest BCUT2D eigenvalue weighted by molar-refractivity contribution is 5.84. The van der Waals surface area contributed by atoms with Crippen molar-refractivity contribution in [1.29, 1.82) is 0 Å².